The third kappa shape index (κ3) is 4.05. The van der Waals surface area contributed by atoms with Gasteiger partial charge in [0, 0.05) is 11.6 Å². The molecule has 2 aromatic carbocycles. The van der Waals surface area contributed by atoms with Gasteiger partial charge in [-0.2, -0.15) is 0 Å². The normalized spacial score (nSPS) is 18.2. The molecular formula is C18H20Cl2N2O. The van der Waals surface area contributed by atoms with Crippen LogP contribution in [0.4, 0.5) is 0 Å². The molecule has 3 nitrogen and oxygen atoms in total. The van der Waals surface area contributed by atoms with E-state index in [1.165, 1.54) is 5.56 Å². The van der Waals surface area contributed by atoms with Gasteiger partial charge in [0.2, 0.25) is 5.91 Å². The van der Waals surface area contributed by atoms with Crippen LogP contribution in [0.1, 0.15) is 34.9 Å². The summed E-state index contributed by atoms with van der Waals surface area (Å²) in [5, 5.41) is 4.02. The van der Waals surface area contributed by atoms with Crippen LogP contribution in [0.2, 0.25) is 5.02 Å². The van der Waals surface area contributed by atoms with Crippen molar-refractivity contribution in [2.45, 2.75) is 18.3 Å². The topological polar surface area (TPSA) is 55.1 Å². The monoisotopic (exact) mass is 350 g/mol. The Morgan fingerprint density at radius 1 is 1.09 bits per heavy atom. The van der Waals surface area contributed by atoms with Gasteiger partial charge in [0.05, 0.1) is 5.92 Å². The van der Waals surface area contributed by atoms with Crippen molar-refractivity contribution in [1.82, 2.24) is 5.32 Å². The predicted octanol–water partition coefficient (Wildman–Crippen LogP) is 3.46. The lowest BCUT2D eigenvalue weighted by molar-refractivity contribution is -0.118. The Morgan fingerprint density at radius 2 is 1.65 bits per heavy atom. The predicted molar refractivity (Wildman–Crippen MR) is 96.4 cm³/mol. The molecule has 0 spiro atoms. The molecule has 2 aromatic rings. The molecule has 0 aromatic heterocycles. The number of nitrogens with two attached hydrogens (primary N) is 1. The molecule has 3 rings (SSSR count). The van der Waals surface area contributed by atoms with Gasteiger partial charge < -0.3 is 11.1 Å². The fraction of sp³-hybridized carbons (Fsp3) is 0.278. The van der Waals surface area contributed by atoms with Crippen molar-refractivity contribution in [2.24, 2.45) is 5.73 Å². The van der Waals surface area contributed by atoms with Gasteiger partial charge in [-0.05, 0) is 47.7 Å². The minimum absolute atomic E-state index is 0. The number of primary amides is 1. The highest BCUT2D eigenvalue weighted by atomic mass is 35.5. The number of benzene rings is 2. The molecule has 1 amide bonds. The van der Waals surface area contributed by atoms with E-state index in [4.69, 9.17) is 17.3 Å². The average molecular weight is 351 g/mol. The number of hydrogen-bond acceptors (Lipinski definition) is 2. The quantitative estimate of drug-likeness (QED) is 0.886. The summed E-state index contributed by atoms with van der Waals surface area (Å²) < 4.78 is 0. The van der Waals surface area contributed by atoms with E-state index >= 15 is 0 Å². The van der Waals surface area contributed by atoms with Gasteiger partial charge in [0.1, 0.15) is 0 Å². The Kier molecular flexibility index (Phi) is 6.05. The maximum absolute atomic E-state index is 11.9. The third-order valence-corrected chi connectivity index (χ3v) is 4.54. The van der Waals surface area contributed by atoms with Crippen molar-refractivity contribution < 1.29 is 4.79 Å². The molecule has 122 valence electrons. The van der Waals surface area contributed by atoms with E-state index in [0.29, 0.717) is 10.9 Å². The van der Waals surface area contributed by atoms with Gasteiger partial charge in [-0.1, -0.05) is 48.0 Å². The molecule has 0 bridgehead atoms. The first-order valence-electron chi connectivity index (χ1n) is 7.50. The summed E-state index contributed by atoms with van der Waals surface area (Å²) in [5.74, 6) is -0.220. The summed E-state index contributed by atoms with van der Waals surface area (Å²) in [5.41, 5.74) is 8.72. The van der Waals surface area contributed by atoms with Crippen molar-refractivity contribution in [3.63, 3.8) is 0 Å². The minimum atomic E-state index is -0.437. The van der Waals surface area contributed by atoms with Crippen molar-refractivity contribution in [2.75, 3.05) is 13.1 Å². The van der Waals surface area contributed by atoms with Crippen LogP contribution in [0.15, 0.2) is 48.5 Å². The summed E-state index contributed by atoms with van der Waals surface area (Å²) in [6, 6.07) is 15.5. The number of carbonyl (C=O) groups is 1. The molecule has 1 aliphatic rings. The van der Waals surface area contributed by atoms with Crippen LogP contribution < -0.4 is 11.1 Å². The Morgan fingerprint density at radius 3 is 2.13 bits per heavy atom. The molecule has 1 aliphatic heterocycles. The molecule has 0 radical (unpaired) electrons. The number of nitrogens with one attached hydrogen (secondary N) is 1. The summed E-state index contributed by atoms with van der Waals surface area (Å²) in [6.07, 6.45) is 1.16. The smallest absolute Gasteiger partial charge is 0.229 e. The Bertz CT molecular complexity index is 650. The van der Waals surface area contributed by atoms with Crippen molar-refractivity contribution in [1.29, 1.82) is 0 Å². The second kappa shape index (κ2) is 7.82. The molecule has 0 aliphatic carbocycles. The number of rotatable bonds is 4. The van der Waals surface area contributed by atoms with Crippen molar-refractivity contribution in [3.8, 4) is 0 Å². The van der Waals surface area contributed by atoms with Crippen molar-refractivity contribution in [3.05, 3.63) is 70.2 Å². The highest BCUT2D eigenvalue weighted by Gasteiger charge is 2.21. The van der Waals surface area contributed by atoms with Crippen LogP contribution in [-0.4, -0.2) is 19.0 Å². The molecule has 1 fully saturated rings. The summed E-state index contributed by atoms with van der Waals surface area (Å²) in [4.78, 5) is 11.9. The maximum Gasteiger partial charge on any atom is 0.229 e. The zero-order chi connectivity index (χ0) is 15.5. The Labute approximate surface area is 147 Å². The molecule has 23 heavy (non-hydrogen) atoms. The highest BCUT2D eigenvalue weighted by molar-refractivity contribution is 6.30. The molecule has 1 saturated heterocycles. The Balaban J connectivity index is 0.00000192. The van der Waals surface area contributed by atoms with Gasteiger partial charge in [-0.25, -0.2) is 0 Å². The van der Waals surface area contributed by atoms with E-state index in [9.17, 15) is 4.79 Å². The van der Waals surface area contributed by atoms with Gasteiger partial charge in [0.15, 0.2) is 0 Å². The molecule has 5 heteroatoms. The van der Waals surface area contributed by atoms with Crippen LogP contribution in [0.5, 0.6) is 0 Å². The minimum Gasteiger partial charge on any atom is -0.369 e. The van der Waals surface area contributed by atoms with Gasteiger partial charge in [0.25, 0.3) is 0 Å². The molecule has 1 heterocycles. The average Bonchev–Trinajstić information content (AvgIpc) is 3.04. The lowest BCUT2D eigenvalue weighted by Gasteiger charge is -2.16. The first kappa shape index (κ1) is 17.8. The lowest BCUT2D eigenvalue weighted by atomic mass is 9.88. The largest absolute Gasteiger partial charge is 0.369 e. The van der Waals surface area contributed by atoms with E-state index in [1.54, 1.807) is 12.1 Å². The standard InChI is InChI=1S/C18H19ClN2O.ClH/c19-16-7-5-14(6-8-16)17(18(20)22)13-3-1-12(2-4-13)15-9-10-21-11-15;/h1-8,15,17,21H,9-11H2,(H2,20,22);1H/t15?,17-;/m0./s1. The summed E-state index contributed by atoms with van der Waals surface area (Å²) in [6.45, 7) is 2.09. The number of halogens is 2. The molecule has 2 atom stereocenters. The first-order chi connectivity index (χ1) is 10.6. The van der Waals surface area contributed by atoms with Crippen LogP contribution in [-0.2, 0) is 4.79 Å². The fourth-order valence-electron chi connectivity index (χ4n) is 3.08. The van der Waals surface area contributed by atoms with Crippen molar-refractivity contribution >= 4 is 29.9 Å². The number of hydrogen-bond donors (Lipinski definition) is 2. The van der Waals surface area contributed by atoms with E-state index in [0.717, 1.165) is 30.6 Å². The second-order valence-electron chi connectivity index (χ2n) is 5.74. The van der Waals surface area contributed by atoms with Gasteiger partial charge in [-0.3, -0.25) is 4.79 Å². The zero-order valence-electron chi connectivity index (χ0n) is 12.7. The second-order valence-corrected chi connectivity index (χ2v) is 6.18. The van der Waals surface area contributed by atoms with Crippen LogP contribution in [0.25, 0.3) is 0 Å². The van der Waals surface area contributed by atoms with E-state index < -0.39 is 5.92 Å². The molecule has 0 saturated carbocycles. The first-order valence-corrected chi connectivity index (χ1v) is 7.88. The van der Waals surface area contributed by atoms with E-state index in [-0.39, 0.29) is 18.3 Å². The SMILES string of the molecule is Cl.NC(=O)[C@H](c1ccc(Cl)cc1)c1ccc(C2CCNC2)cc1. The molecule has 3 N–H and O–H groups in total. The van der Waals surface area contributed by atoms with Crippen LogP contribution in [0.3, 0.4) is 0 Å². The molecule has 1 unspecified atom stereocenters. The third-order valence-electron chi connectivity index (χ3n) is 4.29. The van der Waals surface area contributed by atoms with E-state index in [1.807, 2.05) is 24.3 Å². The number of amides is 1. The maximum atomic E-state index is 11.9. The van der Waals surface area contributed by atoms with Gasteiger partial charge >= 0.3 is 0 Å². The zero-order valence-corrected chi connectivity index (χ0v) is 14.2. The Hall–Kier alpha value is -1.55. The fourth-order valence-corrected chi connectivity index (χ4v) is 3.20. The number of carbonyl (C=O) groups excluding carboxylic acids is 1. The molecular weight excluding hydrogens is 331 g/mol. The van der Waals surface area contributed by atoms with Crippen LogP contribution >= 0.6 is 24.0 Å². The highest BCUT2D eigenvalue weighted by Crippen LogP contribution is 2.28. The lowest BCUT2D eigenvalue weighted by Crippen LogP contribution is -2.22. The van der Waals surface area contributed by atoms with Gasteiger partial charge in [-0.15, -0.1) is 12.4 Å². The summed E-state index contributed by atoms with van der Waals surface area (Å²) >= 11 is 5.91. The van der Waals surface area contributed by atoms with E-state index in [2.05, 4.69) is 17.4 Å². The summed E-state index contributed by atoms with van der Waals surface area (Å²) in [7, 11) is 0. The van der Waals surface area contributed by atoms with Crippen LogP contribution in [0, 0.1) is 0 Å².